The van der Waals surface area contributed by atoms with E-state index < -0.39 is 22.4 Å². The number of benzene rings is 2. The van der Waals surface area contributed by atoms with Crippen molar-refractivity contribution in [2.75, 3.05) is 25.1 Å². The Hall–Kier alpha value is -5.75. The van der Waals surface area contributed by atoms with Gasteiger partial charge in [0, 0.05) is 42.5 Å². The number of carbonyl (C=O) groups excluding carboxylic acids is 2. The number of aryl methyl sites for hydroxylation is 1. The molecule has 0 spiro atoms. The van der Waals surface area contributed by atoms with Crippen LogP contribution in [0.1, 0.15) is 35.3 Å². The number of nitrogens with zero attached hydrogens (tertiary/aromatic N) is 4. The molecule has 0 atom stereocenters. The lowest BCUT2D eigenvalue weighted by atomic mass is 9.84. The third-order valence-corrected chi connectivity index (χ3v) is 8.11. The SMILES string of the molecule is C=CC(C)(C)c1cc(F)c2c(=O)n(-c3cccc(-c4cc(Nc5ccc(CCOCCNC=O)cn5)c(=O)n(C)n4)c3C=O)ccc2c1. The number of aromatic nitrogens is 4. The highest BCUT2D eigenvalue weighted by Crippen LogP contribution is 2.30. The Morgan fingerprint density at radius 1 is 1.04 bits per heavy atom. The monoisotopic (exact) mass is 650 g/mol. The van der Waals surface area contributed by atoms with Crippen molar-refractivity contribution in [2.24, 2.45) is 7.05 Å². The molecule has 0 aliphatic heterocycles. The summed E-state index contributed by atoms with van der Waals surface area (Å²) in [6.45, 7) is 8.94. The zero-order valence-electron chi connectivity index (χ0n) is 26.8. The molecule has 5 rings (SSSR count). The number of amides is 1. The van der Waals surface area contributed by atoms with Crippen molar-refractivity contribution in [3.8, 4) is 16.9 Å². The summed E-state index contributed by atoms with van der Waals surface area (Å²) in [5.41, 5.74) is 1.22. The molecule has 1 amide bonds. The number of anilines is 2. The van der Waals surface area contributed by atoms with Gasteiger partial charge in [0.2, 0.25) is 6.41 Å². The highest BCUT2D eigenvalue weighted by molar-refractivity contribution is 5.92. The van der Waals surface area contributed by atoms with Crippen LogP contribution in [0.5, 0.6) is 0 Å². The molecule has 0 aliphatic rings. The summed E-state index contributed by atoms with van der Waals surface area (Å²) in [5, 5.41) is 10.3. The van der Waals surface area contributed by atoms with Crippen molar-refractivity contribution < 1.29 is 18.7 Å². The average Bonchev–Trinajstić information content (AvgIpc) is 3.08. The van der Waals surface area contributed by atoms with Crippen LogP contribution in [0.4, 0.5) is 15.9 Å². The molecule has 3 heterocycles. The molecule has 2 N–H and O–H groups in total. The van der Waals surface area contributed by atoms with Crippen molar-refractivity contribution in [2.45, 2.75) is 25.7 Å². The van der Waals surface area contributed by atoms with Crippen LogP contribution < -0.4 is 21.8 Å². The normalized spacial score (nSPS) is 11.3. The molecule has 0 bridgehead atoms. The Labute approximate surface area is 275 Å². The van der Waals surface area contributed by atoms with Gasteiger partial charge >= 0.3 is 0 Å². The van der Waals surface area contributed by atoms with E-state index in [1.807, 2.05) is 19.9 Å². The van der Waals surface area contributed by atoms with Crippen molar-refractivity contribution in [3.63, 3.8) is 0 Å². The molecule has 11 nitrogen and oxygen atoms in total. The highest BCUT2D eigenvalue weighted by atomic mass is 19.1. The van der Waals surface area contributed by atoms with E-state index in [4.69, 9.17) is 4.74 Å². The zero-order valence-corrected chi connectivity index (χ0v) is 26.8. The van der Waals surface area contributed by atoms with E-state index >= 15 is 4.39 Å². The van der Waals surface area contributed by atoms with Crippen LogP contribution in [-0.2, 0) is 28.4 Å². The first-order valence-corrected chi connectivity index (χ1v) is 15.2. The topological polar surface area (TPSA) is 137 Å². The van der Waals surface area contributed by atoms with Crippen molar-refractivity contribution in [3.05, 3.63) is 123 Å². The second kappa shape index (κ2) is 14.3. The third-order valence-electron chi connectivity index (χ3n) is 8.11. The number of hydrogen-bond donors (Lipinski definition) is 2. The van der Waals surface area contributed by atoms with E-state index in [1.54, 1.807) is 48.7 Å². The van der Waals surface area contributed by atoms with Crippen LogP contribution in [0.25, 0.3) is 27.7 Å². The van der Waals surface area contributed by atoms with E-state index in [2.05, 4.69) is 27.3 Å². The van der Waals surface area contributed by atoms with Gasteiger partial charge in [0.15, 0.2) is 6.29 Å². The maximum atomic E-state index is 15.4. The van der Waals surface area contributed by atoms with E-state index in [9.17, 15) is 19.2 Å². The summed E-state index contributed by atoms with van der Waals surface area (Å²) in [4.78, 5) is 54.0. The van der Waals surface area contributed by atoms with Gasteiger partial charge in [-0.05, 0) is 59.3 Å². The van der Waals surface area contributed by atoms with Crippen LogP contribution in [0.15, 0.2) is 89.2 Å². The Morgan fingerprint density at radius 2 is 1.85 bits per heavy atom. The maximum Gasteiger partial charge on any atom is 0.290 e. The molecule has 0 radical (unpaired) electrons. The standard InChI is InChI=1S/C36H35FN6O5/c1-5-36(2,3)25-17-24-11-14-43(35(47)33(24)28(37)18-25)31-8-6-7-26(27(31)21-44)29-19-30(34(46)42(4)41-29)40-32-10-9-23(20-39-32)12-15-48-16-13-38-22-45/h5-11,14,17-22H,1,12-13,15-16H2,2-4H3,(H,38,45)(H,39,40). The molecule has 2 aromatic carbocycles. The Bertz CT molecular complexity index is 2120. The summed E-state index contributed by atoms with van der Waals surface area (Å²) < 4.78 is 23.3. The first kappa shape index (κ1) is 33.6. The molecule has 0 saturated heterocycles. The van der Waals surface area contributed by atoms with Crippen LogP contribution in [-0.4, -0.2) is 51.8 Å². The summed E-state index contributed by atoms with van der Waals surface area (Å²) in [7, 11) is 1.49. The number of allylic oxidation sites excluding steroid dienone is 1. The molecular weight excluding hydrogens is 615 g/mol. The fourth-order valence-corrected chi connectivity index (χ4v) is 5.21. The molecule has 0 unspecified atom stereocenters. The lowest BCUT2D eigenvalue weighted by Gasteiger charge is -2.21. The maximum absolute atomic E-state index is 15.4. The van der Waals surface area contributed by atoms with E-state index in [-0.39, 0.29) is 28.0 Å². The van der Waals surface area contributed by atoms with Crippen LogP contribution in [0.2, 0.25) is 0 Å². The van der Waals surface area contributed by atoms with Gasteiger partial charge in [-0.1, -0.05) is 38.1 Å². The summed E-state index contributed by atoms with van der Waals surface area (Å²) in [6, 6.07) is 14.7. The lowest BCUT2D eigenvalue weighted by molar-refractivity contribution is -0.109. The molecule has 5 aromatic rings. The van der Waals surface area contributed by atoms with Crippen LogP contribution >= 0.6 is 0 Å². The predicted octanol–water partition coefficient (Wildman–Crippen LogP) is 4.61. The molecule has 0 saturated carbocycles. The fraction of sp³-hybridized carbons (Fsp3) is 0.222. The number of fused-ring (bicyclic) bond motifs is 1. The number of hydrogen-bond acceptors (Lipinski definition) is 8. The molecule has 0 fully saturated rings. The average molecular weight is 651 g/mol. The largest absolute Gasteiger partial charge is 0.379 e. The number of carbonyl (C=O) groups is 2. The molecule has 3 aromatic heterocycles. The van der Waals surface area contributed by atoms with E-state index in [0.717, 1.165) is 10.2 Å². The first-order valence-electron chi connectivity index (χ1n) is 15.2. The van der Waals surface area contributed by atoms with Gasteiger partial charge in [-0.3, -0.25) is 23.7 Å². The number of halogens is 1. The van der Waals surface area contributed by atoms with Crippen molar-refractivity contribution in [1.82, 2.24) is 24.6 Å². The Balaban J connectivity index is 1.46. The van der Waals surface area contributed by atoms with Gasteiger partial charge in [0.25, 0.3) is 11.1 Å². The van der Waals surface area contributed by atoms with E-state index in [0.29, 0.717) is 61.2 Å². The van der Waals surface area contributed by atoms with Gasteiger partial charge in [-0.2, -0.15) is 5.10 Å². The molecular formula is C36H35FN6O5. The third kappa shape index (κ3) is 6.98. The number of nitrogens with one attached hydrogen (secondary N) is 2. The van der Waals surface area contributed by atoms with Crippen LogP contribution in [0, 0.1) is 5.82 Å². The van der Waals surface area contributed by atoms with Gasteiger partial charge in [-0.25, -0.2) is 14.1 Å². The minimum absolute atomic E-state index is 0.104. The summed E-state index contributed by atoms with van der Waals surface area (Å²) >= 11 is 0. The second-order valence-electron chi connectivity index (χ2n) is 11.7. The molecule has 48 heavy (non-hydrogen) atoms. The second-order valence-corrected chi connectivity index (χ2v) is 11.7. The fourth-order valence-electron chi connectivity index (χ4n) is 5.21. The van der Waals surface area contributed by atoms with Crippen molar-refractivity contribution >= 4 is 35.0 Å². The van der Waals surface area contributed by atoms with Crippen LogP contribution in [0.3, 0.4) is 0 Å². The molecule has 246 valence electrons. The number of rotatable bonds is 14. The molecule has 12 heteroatoms. The lowest BCUT2D eigenvalue weighted by Crippen LogP contribution is -2.23. The van der Waals surface area contributed by atoms with Gasteiger partial charge < -0.3 is 15.4 Å². The van der Waals surface area contributed by atoms with Gasteiger partial charge in [-0.15, -0.1) is 6.58 Å². The molecule has 0 aliphatic carbocycles. The van der Waals surface area contributed by atoms with Gasteiger partial charge in [0.1, 0.15) is 17.3 Å². The van der Waals surface area contributed by atoms with E-state index in [1.165, 1.54) is 29.9 Å². The first-order chi connectivity index (χ1) is 23.1. The summed E-state index contributed by atoms with van der Waals surface area (Å²) in [6.07, 6.45) is 6.73. The number of ether oxygens (including phenoxy) is 1. The Kier molecular flexibility index (Phi) is 10.0. The van der Waals surface area contributed by atoms with Gasteiger partial charge in [0.05, 0.1) is 30.0 Å². The summed E-state index contributed by atoms with van der Waals surface area (Å²) in [5.74, 6) is -0.257. The minimum atomic E-state index is -0.672. The smallest absolute Gasteiger partial charge is 0.290 e. The van der Waals surface area contributed by atoms with Crippen molar-refractivity contribution in [1.29, 1.82) is 0 Å². The number of pyridine rings is 2. The Morgan fingerprint density at radius 3 is 2.56 bits per heavy atom. The number of aldehydes is 1. The minimum Gasteiger partial charge on any atom is -0.379 e. The zero-order chi connectivity index (χ0) is 34.4. The highest BCUT2D eigenvalue weighted by Gasteiger charge is 2.21. The predicted molar refractivity (Wildman–Crippen MR) is 183 cm³/mol. The quantitative estimate of drug-likeness (QED) is 0.101.